The normalized spacial score (nSPS) is 16.7. The number of nitrogens with one attached hydrogen (secondary N) is 1. The Hall–Kier alpha value is -2.25. The first-order valence-electron chi connectivity index (χ1n) is 7.10. The number of carbonyl (C=O) groups is 3. The second-order valence-corrected chi connectivity index (χ2v) is 7.16. The number of halogens is 1. The predicted molar refractivity (Wildman–Crippen MR) is 96.9 cm³/mol. The lowest BCUT2D eigenvalue weighted by molar-refractivity contribution is -0.122. The molecule has 2 aromatic rings. The maximum atomic E-state index is 12.7. The average Bonchev–Trinajstić information content (AvgIpc) is 2.92. The highest BCUT2D eigenvalue weighted by Gasteiger charge is 2.37. The lowest BCUT2D eigenvalue weighted by Gasteiger charge is -2.26. The Morgan fingerprint density at radius 3 is 2.50 bits per heavy atom. The Kier molecular flexibility index (Phi) is 4.38. The summed E-state index contributed by atoms with van der Waals surface area (Å²) in [6.07, 6.45) is 1.53. The standard InChI is InChI=1S/C17H13BrN2O3S/c1-9-5-6-24-14(9)8-12-15(21)19-17(23)20(16(12)22)11-3-4-13(18)10(2)7-11/h3-8H,1-2H3,(H,19,21,23)/b12-8+. The van der Waals surface area contributed by atoms with Crippen molar-refractivity contribution in [3.63, 3.8) is 0 Å². The molecule has 7 heteroatoms. The number of hydrogen-bond acceptors (Lipinski definition) is 4. The summed E-state index contributed by atoms with van der Waals surface area (Å²) < 4.78 is 0.872. The zero-order valence-corrected chi connectivity index (χ0v) is 15.3. The van der Waals surface area contributed by atoms with E-state index in [1.54, 1.807) is 18.2 Å². The number of benzene rings is 1. The van der Waals surface area contributed by atoms with Gasteiger partial charge in [-0.25, -0.2) is 9.69 Å². The van der Waals surface area contributed by atoms with Crippen LogP contribution in [-0.4, -0.2) is 17.8 Å². The number of aryl methyl sites for hydroxylation is 2. The van der Waals surface area contributed by atoms with Crippen molar-refractivity contribution in [1.29, 1.82) is 0 Å². The molecule has 3 rings (SSSR count). The molecule has 0 spiro atoms. The summed E-state index contributed by atoms with van der Waals surface area (Å²) >= 11 is 4.82. The molecule has 1 saturated heterocycles. The minimum Gasteiger partial charge on any atom is -0.273 e. The molecule has 0 unspecified atom stereocenters. The summed E-state index contributed by atoms with van der Waals surface area (Å²) in [4.78, 5) is 38.8. The van der Waals surface area contributed by atoms with Gasteiger partial charge < -0.3 is 0 Å². The number of barbiturate groups is 1. The third-order valence-electron chi connectivity index (χ3n) is 3.68. The van der Waals surface area contributed by atoms with E-state index in [9.17, 15) is 14.4 Å². The molecule has 1 N–H and O–H groups in total. The van der Waals surface area contributed by atoms with Gasteiger partial charge >= 0.3 is 6.03 Å². The Morgan fingerprint density at radius 1 is 1.12 bits per heavy atom. The number of thiophene rings is 1. The Bertz CT molecular complexity index is 901. The Balaban J connectivity index is 2.04. The molecule has 0 atom stereocenters. The largest absolute Gasteiger partial charge is 0.335 e. The van der Waals surface area contributed by atoms with E-state index in [0.29, 0.717) is 5.69 Å². The maximum absolute atomic E-state index is 12.7. The highest BCUT2D eigenvalue weighted by atomic mass is 79.9. The van der Waals surface area contributed by atoms with Crippen molar-refractivity contribution in [2.45, 2.75) is 13.8 Å². The monoisotopic (exact) mass is 404 g/mol. The first-order chi connectivity index (χ1) is 11.4. The van der Waals surface area contributed by atoms with Gasteiger partial charge in [-0.2, -0.15) is 0 Å². The molecule has 2 heterocycles. The van der Waals surface area contributed by atoms with Crippen LogP contribution in [-0.2, 0) is 9.59 Å². The molecular formula is C17H13BrN2O3S. The first-order valence-corrected chi connectivity index (χ1v) is 8.77. The third kappa shape index (κ3) is 2.92. The van der Waals surface area contributed by atoms with E-state index in [0.717, 1.165) is 25.4 Å². The van der Waals surface area contributed by atoms with Gasteiger partial charge in [-0.15, -0.1) is 11.3 Å². The van der Waals surface area contributed by atoms with Crippen LogP contribution in [0.25, 0.3) is 6.08 Å². The molecule has 122 valence electrons. The van der Waals surface area contributed by atoms with Gasteiger partial charge in [0.25, 0.3) is 11.8 Å². The number of carbonyl (C=O) groups excluding carboxylic acids is 3. The quantitative estimate of drug-likeness (QED) is 0.611. The number of urea groups is 1. The first kappa shape index (κ1) is 16.6. The van der Waals surface area contributed by atoms with Crippen molar-refractivity contribution in [3.8, 4) is 0 Å². The van der Waals surface area contributed by atoms with E-state index in [-0.39, 0.29) is 5.57 Å². The van der Waals surface area contributed by atoms with Gasteiger partial charge in [0.05, 0.1) is 5.69 Å². The third-order valence-corrected chi connectivity index (χ3v) is 5.53. The Labute approximate surface area is 151 Å². The molecule has 1 fully saturated rings. The smallest absolute Gasteiger partial charge is 0.273 e. The topological polar surface area (TPSA) is 66.5 Å². The van der Waals surface area contributed by atoms with Crippen LogP contribution in [0.3, 0.4) is 0 Å². The van der Waals surface area contributed by atoms with Crippen molar-refractivity contribution in [1.82, 2.24) is 5.32 Å². The van der Waals surface area contributed by atoms with E-state index in [4.69, 9.17) is 0 Å². The molecule has 1 aromatic heterocycles. The van der Waals surface area contributed by atoms with Gasteiger partial charge in [-0.05, 0) is 60.7 Å². The van der Waals surface area contributed by atoms with Gasteiger partial charge in [-0.3, -0.25) is 14.9 Å². The highest BCUT2D eigenvalue weighted by Crippen LogP contribution is 2.27. The number of rotatable bonds is 2. The molecule has 1 aromatic carbocycles. The fraction of sp³-hybridized carbons (Fsp3) is 0.118. The number of imide groups is 2. The van der Waals surface area contributed by atoms with Crippen molar-refractivity contribution in [2.24, 2.45) is 0 Å². The van der Waals surface area contributed by atoms with Gasteiger partial charge in [0.15, 0.2) is 0 Å². The van der Waals surface area contributed by atoms with E-state index in [2.05, 4.69) is 21.2 Å². The minimum atomic E-state index is -0.744. The van der Waals surface area contributed by atoms with Crippen molar-refractivity contribution in [3.05, 3.63) is 55.7 Å². The summed E-state index contributed by atoms with van der Waals surface area (Å²) in [5.74, 6) is -1.30. The summed E-state index contributed by atoms with van der Waals surface area (Å²) in [5.41, 5.74) is 2.21. The molecule has 0 bridgehead atoms. The number of hydrogen-bond donors (Lipinski definition) is 1. The van der Waals surface area contributed by atoms with Crippen LogP contribution >= 0.6 is 27.3 Å². The van der Waals surface area contributed by atoms with E-state index in [1.165, 1.54) is 17.4 Å². The van der Waals surface area contributed by atoms with Crippen LogP contribution in [0.15, 0.2) is 39.7 Å². The predicted octanol–water partition coefficient (Wildman–Crippen LogP) is 3.79. The molecule has 5 nitrogen and oxygen atoms in total. The van der Waals surface area contributed by atoms with Crippen LogP contribution in [0.4, 0.5) is 10.5 Å². The number of nitrogens with zero attached hydrogens (tertiary/aromatic N) is 1. The van der Waals surface area contributed by atoms with Crippen LogP contribution in [0.5, 0.6) is 0 Å². The summed E-state index contributed by atoms with van der Waals surface area (Å²) in [6, 6.07) is 6.29. The Morgan fingerprint density at radius 2 is 1.88 bits per heavy atom. The molecule has 0 aliphatic carbocycles. The number of amides is 4. The van der Waals surface area contributed by atoms with E-state index >= 15 is 0 Å². The van der Waals surface area contributed by atoms with Gasteiger partial charge in [0, 0.05) is 9.35 Å². The van der Waals surface area contributed by atoms with Crippen LogP contribution in [0, 0.1) is 13.8 Å². The zero-order chi connectivity index (χ0) is 17.4. The molecule has 1 aliphatic rings. The molecular weight excluding hydrogens is 392 g/mol. The second-order valence-electron chi connectivity index (χ2n) is 5.36. The lowest BCUT2D eigenvalue weighted by Crippen LogP contribution is -2.54. The average molecular weight is 405 g/mol. The van der Waals surface area contributed by atoms with Crippen LogP contribution in [0.2, 0.25) is 0 Å². The maximum Gasteiger partial charge on any atom is 0.335 e. The van der Waals surface area contributed by atoms with Crippen molar-refractivity contribution >= 4 is 56.9 Å². The molecule has 24 heavy (non-hydrogen) atoms. The van der Waals surface area contributed by atoms with E-state index < -0.39 is 17.8 Å². The zero-order valence-electron chi connectivity index (χ0n) is 12.9. The van der Waals surface area contributed by atoms with Gasteiger partial charge in [0.1, 0.15) is 5.57 Å². The number of anilines is 1. The van der Waals surface area contributed by atoms with Crippen LogP contribution < -0.4 is 10.2 Å². The fourth-order valence-electron chi connectivity index (χ4n) is 2.32. The van der Waals surface area contributed by atoms with Crippen molar-refractivity contribution in [2.75, 3.05) is 4.90 Å². The van der Waals surface area contributed by atoms with Crippen molar-refractivity contribution < 1.29 is 14.4 Å². The molecule has 0 radical (unpaired) electrons. The summed E-state index contributed by atoms with van der Waals surface area (Å²) in [7, 11) is 0. The summed E-state index contributed by atoms with van der Waals surface area (Å²) in [6.45, 7) is 3.76. The SMILES string of the molecule is Cc1cc(N2C(=O)NC(=O)/C(=C\c3sccc3C)C2=O)ccc1Br. The van der Waals surface area contributed by atoms with E-state index in [1.807, 2.05) is 25.3 Å². The fourth-order valence-corrected chi connectivity index (χ4v) is 3.43. The molecule has 1 aliphatic heterocycles. The second kappa shape index (κ2) is 6.33. The molecule has 4 amide bonds. The lowest BCUT2D eigenvalue weighted by atomic mass is 10.1. The highest BCUT2D eigenvalue weighted by molar-refractivity contribution is 9.10. The minimum absolute atomic E-state index is 0.0549. The van der Waals surface area contributed by atoms with Crippen LogP contribution in [0.1, 0.15) is 16.0 Å². The van der Waals surface area contributed by atoms with Gasteiger partial charge in [-0.1, -0.05) is 15.9 Å². The van der Waals surface area contributed by atoms with Gasteiger partial charge in [0.2, 0.25) is 0 Å². The molecule has 0 saturated carbocycles. The summed E-state index contributed by atoms with van der Waals surface area (Å²) in [5, 5.41) is 4.11.